The largest absolute Gasteiger partial charge is 0.479 e. The van der Waals surface area contributed by atoms with Crippen molar-refractivity contribution in [1.29, 1.82) is 5.26 Å². The second-order valence-corrected chi connectivity index (χ2v) is 8.83. The molecule has 10 nitrogen and oxygen atoms in total. The Hall–Kier alpha value is -4.11. The van der Waals surface area contributed by atoms with Crippen molar-refractivity contribution in [1.82, 2.24) is 19.5 Å². The lowest BCUT2D eigenvalue weighted by molar-refractivity contribution is 0.114. The molecule has 4 rings (SSSR count). The second kappa shape index (κ2) is 10.2. The molecule has 0 spiro atoms. The molecule has 0 aromatic carbocycles. The van der Waals surface area contributed by atoms with Gasteiger partial charge in [0, 0.05) is 24.8 Å². The number of nitrogens with two attached hydrogens (primary N) is 1. The zero-order valence-electron chi connectivity index (χ0n) is 19.9. The van der Waals surface area contributed by atoms with E-state index in [-0.39, 0.29) is 17.0 Å². The number of fused-ring (bicyclic) bond motifs is 1. The predicted molar refractivity (Wildman–Crippen MR) is 128 cm³/mol. The molecular weight excluding hydrogens is 470 g/mol. The van der Waals surface area contributed by atoms with Gasteiger partial charge in [-0.2, -0.15) is 15.5 Å². The molecule has 4 heterocycles. The van der Waals surface area contributed by atoms with Gasteiger partial charge in [0.1, 0.15) is 22.8 Å². The normalized spacial score (nSPS) is 17.2. The van der Waals surface area contributed by atoms with E-state index >= 15 is 0 Å². The number of aromatic nitrogens is 3. The lowest BCUT2D eigenvalue weighted by Crippen LogP contribution is -2.40. The number of aliphatic hydroxyl groups is 1. The maximum atomic E-state index is 14.6. The molecule has 36 heavy (non-hydrogen) atoms. The molecule has 0 saturated carbocycles. The van der Waals surface area contributed by atoms with Crippen LogP contribution in [0.15, 0.2) is 46.9 Å². The molecule has 1 aliphatic heterocycles. The van der Waals surface area contributed by atoms with E-state index in [4.69, 9.17) is 20.8 Å². The molecule has 1 fully saturated rings. The molecular formula is C24H26F2N8O2. The highest BCUT2D eigenvalue weighted by atomic mass is 19.1. The summed E-state index contributed by atoms with van der Waals surface area (Å²) in [6.45, 7) is 4.52. The molecule has 1 unspecified atom stereocenters. The van der Waals surface area contributed by atoms with E-state index in [1.165, 1.54) is 22.7 Å². The van der Waals surface area contributed by atoms with Gasteiger partial charge in [-0.3, -0.25) is 9.98 Å². The third-order valence-corrected chi connectivity index (χ3v) is 6.21. The van der Waals surface area contributed by atoms with Crippen LogP contribution in [0.25, 0.3) is 5.52 Å². The van der Waals surface area contributed by atoms with Gasteiger partial charge in [0.15, 0.2) is 18.1 Å². The van der Waals surface area contributed by atoms with E-state index in [1.807, 2.05) is 6.92 Å². The smallest absolute Gasteiger partial charge is 0.179 e. The third kappa shape index (κ3) is 5.11. The van der Waals surface area contributed by atoms with Gasteiger partial charge in [-0.1, -0.05) is 0 Å². The standard InChI is InChI=1S/C24H26F2N8O2/c1-15(31-24(2)5-7-33(14-27)8-6-24)22(32-28)16-9-20(23-18(26)11-30-34(23)12-16)36-21(13-35)19-4-3-17(25)10-29-19/h3-4,9-12,21,35H,5-8,13,28H2,1-2H3/b31-15?,32-22+. The number of hydrogen-bond donors (Lipinski definition) is 2. The third-order valence-electron chi connectivity index (χ3n) is 6.21. The first-order valence-electron chi connectivity index (χ1n) is 11.3. The van der Waals surface area contributed by atoms with E-state index in [0.717, 1.165) is 12.4 Å². The van der Waals surface area contributed by atoms with Crippen LogP contribution >= 0.6 is 0 Å². The molecule has 1 atom stereocenters. The van der Waals surface area contributed by atoms with Crippen LogP contribution in [0.3, 0.4) is 0 Å². The monoisotopic (exact) mass is 496 g/mol. The van der Waals surface area contributed by atoms with Crippen molar-refractivity contribution in [2.24, 2.45) is 15.9 Å². The number of pyridine rings is 2. The van der Waals surface area contributed by atoms with E-state index in [9.17, 15) is 13.9 Å². The number of aliphatic imine (C=N–C) groups is 1. The number of likely N-dealkylation sites (tertiary alicyclic amines) is 1. The summed E-state index contributed by atoms with van der Waals surface area (Å²) < 4.78 is 35.2. The number of nitriles is 1. The summed E-state index contributed by atoms with van der Waals surface area (Å²) in [5.41, 5.74) is 1.28. The van der Waals surface area contributed by atoms with Gasteiger partial charge in [0.05, 0.1) is 35.9 Å². The van der Waals surface area contributed by atoms with Gasteiger partial charge in [0.2, 0.25) is 0 Å². The summed E-state index contributed by atoms with van der Waals surface area (Å²) in [7, 11) is 0. The summed E-state index contributed by atoms with van der Waals surface area (Å²) in [4.78, 5) is 10.5. The Labute approximate surface area is 206 Å². The van der Waals surface area contributed by atoms with Crippen LogP contribution in [0.4, 0.5) is 8.78 Å². The maximum Gasteiger partial charge on any atom is 0.179 e. The van der Waals surface area contributed by atoms with Crippen LogP contribution in [0.5, 0.6) is 5.75 Å². The lowest BCUT2D eigenvalue weighted by atomic mass is 9.90. The molecule has 0 radical (unpaired) electrons. The van der Waals surface area contributed by atoms with Crippen molar-refractivity contribution < 1.29 is 18.6 Å². The first-order chi connectivity index (χ1) is 17.3. The number of piperidine rings is 1. The van der Waals surface area contributed by atoms with Crippen molar-refractivity contribution in [2.75, 3.05) is 19.7 Å². The topological polar surface area (TPSA) is 137 Å². The molecule has 0 aliphatic carbocycles. The minimum atomic E-state index is -0.990. The Kier molecular flexibility index (Phi) is 7.12. The second-order valence-electron chi connectivity index (χ2n) is 8.83. The van der Waals surface area contributed by atoms with E-state index < -0.39 is 29.9 Å². The fourth-order valence-corrected chi connectivity index (χ4v) is 4.22. The number of halogens is 2. The Morgan fingerprint density at radius 2 is 2.08 bits per heavy atom. The Morgan fingerprint density at radius 3 is 2.69 bits per heavy atom. The minimum Gasteiger partial charge on any atom is -0.479 e. The molecule has 12 heteroatoms. The van der Waals surface area contributed by atoms with Crippen molar-refractivity contribution in [3.05, 3.63) is 59.7 Å². The lowest BCUT2D eigenvalue weighted by Gasteiger charge is -2.34. The molecule has 3 aromatic heterocycles. The molecule has 3 N–H and O–H groups in total. The zero-order valence-corrected chi connectivity index (χ0v) is 19.9. The SMILES string of the molecule is CC(=NC1(C)CCN(C#N)CC1)/C(=N\N)c1cc(OC(CO)c2ccc(F)cn2)c2c(F)cnn2c1. The van der Waals surface area contributed by atoms with Gasteiger partial charge in [-0.25, -0.2) is 13.3 Å². The van der Waals surface area contributed by atoms with Crippen LogP contribution in [0, 0.1) is 23.1 Å². The van der Waals surface area contributed by atoms with Crippen LogP contribution in [0.1, 0.15) is 44.1 Å². The van der Waals surface area contributed by atoms with E-state index in [0.29, 0.717) is 42.9 Å². The highest BCUT2D eigenvalue weighted by Crippen LogP contribution is 2.30. The summed E-state index contributed by atoms with van der Waals surface area (Å²) in [6, 6.07) is 4.12. The van der Waals surface area contributed by atoms with Crippen molar-refractivity contribution in [3.8, 4) is 11.9 Å². The molecule has 188 valence electrons. The average Bonchev–Trinajstić information content (AvgIpc) is 3.24. The van der Waals surface area contributed by atoms with Crippen molar-refractivity contribution >= 4 is 16.9 Å². The zero-order chi connectivity index (χ0) is 25.9. The highest BCUT2D eigenvalue weighted by Gasteiger charge is 2.30. The molecule has 0 amide bonds. The van der Waals surface area contributed by atoms with Crippen LogP contribution in [0.2, 0.25) is 0 Å². The fraction of sp³-hybridized carbons (Fsp3) is 0.375. The summed E-state index contributed by atoms with van der Waals surface area (Å²) in [5.74, 6) is 4.65. The number of nitrogens with zero attached hydrogens (tertiary/aromatic N) is 7. The van der Waals surface area contributed by atoms with E-state index in [1.54, 1.807) is 18.0 Å². The minimum absolute atomic E-state index is 0.0427. The van der Waals surface area contributed by atoms with Crippen LogP contribution in [-0.2, 0) is 0 Å². The Balaban J connectivity index is 1.70. The molecule has 3 aromatic rings. The quantitative estimate of drug-likeness (QED) is 0.222. The Bertz CT molecular complexity index is 1340. The number of hydrazone groups is 1. The number of aliphatic hydroxyl groups excluding tert-OH is 1. The summed E-state index contributed by atoms with van der Waals surface area (Å²) in [6.07, 6.45) is 6.16. The fourth-order valence-electron chi connectivity index (χ4n) is 4.22. The summed E-state index contributed by atoms with van der Waals surface area (Å²) in [5, 5.41) is 27.0. The Morgan fingerprint density at radius 1 is 1.33 bits per heavy atom. The first-order valence-corrected chi connectivity index (χ1v) is 11.3. The van der Waals surface area contributed by atoms with Gasteiger partial charge < -0.3 is 20.6 Å². The highest BCUT2D eigenvalue weighted by molar-refractivity contribution is 6.47. The number of rotatable bonds is 7. The number of hydrogen-bond acceptors (Lipinski definition) is 9. The predicted octanol–water partition coefficient (Wildman–Crippen LogP) is 2.58. The van der Waals surface area contributed by atoms with Crippen LogP contribution < -0.4 is 10.6 Å². The molecule has 1 aliphatic rings. The van der Waals surface area contributed by atoms with Crippen molar-refractivity contribution in [2.45, 2.75) is 38.3 Å². The van der Waals surface area contributed by atoms with E-state index in [2.05, 4.69) is 21.4 Å². The number of ether oxygens (including phenoxy) is 1. The van der Waals surface area contributed by atoms with Gasteiger partial charge in [-0.15, -0.1) is 0 Å². The molecule has 1 saturated heterocycles. The maximum absolute atomic E-state index is 14.6. The van der Waals surface area contributed by atoms with Crippen LogP contribution in [-0.4, -0.2) is 61.3 Å². The van der Waals surface area contributed by atoms with Gasteiger partial charge in [-0.05, 0) is 44.9 Å². The molecule has 0 bridgehead atoms. The van der Waals surface area contributed by atoms with Gasteiger partial charge >= 0.3 is 0 Å². The average molecular weight is 497 g/mol. The van der Waals surface area contributed by atoms with Gasteiger partial charge in [0.25, 0.3) is 0 Å². The summed E-state index contributed by atoms with van der Waals surface area (Å²) >= 11 is 0. The van der Waals surface area contributed by atoms with Crippen molar-refractivity contribution in [3.63, 3.8) is 0 Å². The first kappa shape index (κ1) is 25.0.